The van der Waals surface area contributed by atoms with Gasteiger partial charge in [0.2, 0.25) is 5.91 Å². The first-order valence-electron chi connectivity index (χ1n) is 9.34. The van der Waals surface area contributed by atoms with Crippen LogP contribution in [0.3, 0.4) is 0 Å². The van der Waals surface area contributed by atoms with Crippen molar-refractivity contribution in [1.82, 2.24) is 15.3 Å². The first-order chi connectivity index (χ1) is 12.2. The molecule has 7 nitrogen and oxygen atoms in total. The van der Waals surface area contributed by atoms with E-state index in [1.165, 1.54) is 19.3 Å². The highest BCUT2D eigenvalue weighted by Crippen LogP contribution is 2.27. The van der Waals surface area contributed by atoms with Gasteiger partial charge in [-0.15, -0.1) is 0 Å². The van der Waals surface area contributed by atoms with Gasteiger partial charge < -0.3 is 20.3 Å². The minimum Gasteiger partial charge on any atom is -0.383 e. The van der Waals surface area contributed by atoms with E-state index in [-0.39, 0.29) is 5.91 Å². The topological polar surface area (TPSA) is 79.4 Å². The number of nitrogens with zero attached hydrogens (tertiary/aromatic N) is 3. The van der Waals surface area contributed by atoms with Crippen molar-refractivity contribution in [2.75, 3.05) is 43.6 Å². The second-order valence-corrected chi connectivity index (χ2v) is 7.02. The van der Waals surface area contributed by atoms with Crippen molar-refractivity contribution in [3.05, 3.63) is 12.4 Å². The fourth-order valence-corrected chi connectivity index (χ4v) is 3.26. The van der Waals surface area contributed by atoms with Crippen molar-refractivity contribution >= 4 is 17.5 Å². The second-order valence-electron chi connectivity index (χ2n) is 7.02. The monoisotopic (exact) mass is 347 g/mol. The summed E-state index contributed by atoms with van der Waals surface area (Å²) in [7, 11) is 1.64. The molecule has 2 N–H and O–H groups in total. The highest BCUT2D eigenvalue weighted by Gasteiger charge is 2.24. The lowest BCUT2D eigenvalue weighted by atomic mass is 9.93. The Morgan fingerprint density at radius 3 is 3.04 bits per heavy atom. The fraction of sp³-hybridized carbons (Fsp3) is 0.722. The van der Waals surface area contributed by atoms with Crippen LogP contribution in [0.15, 0.2) is 12.4 Å². The summed E-state index contributed by atoms with van der Waals surface area (Å²) in [4.78, 5) is 23.0. The largest absolute Gasteiger partial charge is 0.383 e. The van der Waals surface area contributed by atoms with Crippen LogP contribution in [0.25, 0.3) is 0 Å². The van der Waals surface area contributed by atoms with Crippen molar-refractivity contribution in [2.45, 2.75) is 44.6 Å². The van der Waals surface area contributed by atoms with Gasteiger partial charge in [0.05, 0.1) is 6.61 Å². The van der Waals surface area contributed by atoms with Gasteiger partial charge >= 0.3 is 0 Å². The van der Waals surface area contributed by atoms with Crippen LogP contribution in [0.2, 0.25) is 0 Å². The molecule has 2 heterocycles. The summed E-state index contributed by atoms with van der Waals surface area (Å²) in [5, 5.41) is 6.32. The predicted molar refractivity (Wildman–Crippen MR) is 97.7 cm³/mol. The van der Waals surface area contributed by atoms with E-state index in [0.29, 0.717) is 31.5 Å². The summed E-state index contributed by atoms with van der Waals surface area (Å²) in [6.07, 6.45) is 7.95. The molecule has 25 heavy (non-hydrogen) atoms. The van der Waals surface area contributed by atoms with E-state index in [4.69, 9.17) is 4.74 Å². The Morgan fingerprint density at radius 2 is 2.24 bits per heavy atom. The molecule has 2 aliphatic rings. The van der Waals surface area contributed by atoms with Gasteiger partial charge in [0.25, 0.3) is 0 Å². The number of nitrogens with one attached hydrogen (secondary N) is 2. The molecule has 1 aliphatic carbocycles. The number of hydrogen-bond donors (Lipinski definition) is 2. The highest BCUT2D eigenvalue weighted by atomic mass is 16.5. The minimum atomic E-state index is 0.118. The molecule has 1 atom stereocenters. The Labute approximate surface area is 149 Å². The minimum absolute atomic E-state index is 0.118. The molecule has 0 bridgehead atoms. The molecule has 0 aromatic carbocycles. The van der Waals surface area contributed by atoms with Gasteiger partial charge in [-0.05, 0) is 38.0 Å². The van der Waals surface area contributed by atoms with Gasteiger partial charge in [0.15, 0.2) is 0 Å². The first kappa shape index (κ1) is 17.9. The summed E-state index contributed by atoms with van der Waals surface area (Å²) < 4.78 is 4.95. The third-order valence-corrected chi connectivity index (χ3v) is 4.83. The molecule has 1 saturated heterocycles. The number of hydrogen-bond acceptors (Lipinski definition) is 6. The Hall–Kier alpha value is -1.89. The van der Waals surface area contributed by atoms with E-state index >= 15 is 0 Å². The molecule has 1 aliphatic heterocycles. The summed E-state index contributed by atoms with van der Waals surface area (Å²) in [6, 6.07) is 2.64. The lowest BCUT2D eigenvalue weighted by Crippen LogP contribution is -2.36. The molecule has 1 aromatic heterocycles. The van der Waals surface area contributed by atoms with Crippen LogP contribution in [0.1, 0.15) is 38.5 Å². The molecule has 2 fully saturated rings. The molecular formula is C18H29N5O2. The normalized spacial score (nSPS) is 20.4. The fourth-order valence-electron chi connectivity index (χ4n) is 3.26. The van der Waals surface area contributed by atoms with Gasteiger partial charge in [0, 0.05) is 45.3 Å². The van der Waals surface area contributed by atoms with Crippen LogP contribution in [0.5, 0.6) is 0 Å². The van der Waals surface area contributed by atoms with E-state index in [1.54, 1.807) is 13.4 Å². The molecule has 0 spiro atoms. The average molecular weight is 347 g/mol. The Morgan fingerprint density at radius 1 is 1.36 bits per heavy atom. The van der Waals surface area contributed by atoms with Crippen molar-refractivity contribution in [3.8, 4) is 0 Å². The van der Waals surface area contributed by atoms with Crippen LogP contribution >= 0.6 is 0 Å². The summed E-state index contributed by atoms with van der Waals surface area (Å²) >= 11 is 0. The lowest BCUT2D eigenvalue weighted by Gasteiger charge is -2.33. The van der Waals surface area contributed by atoms with Crippen molar-refractivity contribution in [1.29, 1.82) is 0 Å². The zero-order chi connectivity index (χ0) is 17.5. The number of piperidine rings is 1. The van der Waals surface area contributed by atoms with Crippen LogP contribution in [0.4, 0.5) is 11.6 Å². The van der Waals surface area contributed by atoms with E-state index in [1.807, 2.05) is 0 Å². The third-order valence-electron chi connectivity index (χ3n) is 4.83. The van der Waals surface area contributed by atoms with Gasteiger partial charge in [-0.3, -0.25) is 4.79 Å². The van der Waals surface area contributed by atoms with Crippen molar-refractivity contribution in [3.63, 3.8) is 0 Å². The molecule has 138 valence electrons. The van der Waals surface area contributed by atoms with E-state index in [9.17, 15) is 4.79 Å². The number of methoxy groups -OCH3 is 1. The van der Waals surface area contributed by atoms with E-state index in [2.05, 4.69) is 31.6 Å². The molecular weight excluding hydrogens is 318 g/mol. The Balaban J connectivity index is 1.46. The van der Waals surface area contributed by atoms with Gasteiger partial charge in [-0.1, -0.05) is 0 Å². The number of amides is 1. The molecule has 3 rings (SSSR count). The summed E-state index contributed by atoms with van der Waals surface area (Å²) in [5.41, 5.74) is 0. The lowest BCUT2D eigenvalue weighted by molar-refractivity contribution is -0.121. The number of ether oxygens (including phenoxy) is 1. The van der Waals surface area contributed by atoms with Crippen molar-refractivity contribution < 1.29 is 9.53 Å². The van der Waals surface area contributed by atoms with Gasteiger partial charge in [-0.2, -0.15) is 0 Å². The molecule has 1 unspecified atom stereocenters. The van der Waals surface area contributed by atoms with E-state index in [0.717, 1.165) is 37.6 Å². The number of carbonyl (C=O) groups excluding carboxylic acids is 1. The maximum atomic E-state index is 11.9. The van der Waals surface area contributed by atoms with Crippen LogP contribution < -0.4 is 15.5 Å². The predicted octanol–water partition coefficient (Wildman–Crippen LogP) is 1.81. The van der Waals surface area contributed by atoms with Crippen molar-refractivity contribution in [2.24, 2.45) is 5.92 Å². The number of rotatable bonds is 9. The maximum absolute atomic E-state index is 11.9. The molecule has 1 amide bonds. The average Bonchev–Trinajstić information content (AvgIpc) is 3.45. The van der Waals surface area contributed by atoms with Crippen LogP contribution in [-0.2, 0) is 9.53 Å². The Bertz CT molecular complexity index is 564. The smallest absolute Gasteiger partial charge is 0.220 e. The number of anilines is 2. The molecule has 0 radical (unpaired) electrons. The maximum Gasteiger partial charge on any atom is 0.220 e. The molecule has 1 aromatic rings. The SMILES string of the molecule is COCCNC(=O)CCC1CCCN(c2cc(NC3CC3)ncn2)C1. The standard InChI is InChI=1S/C18H29N5O2/c1-25-10-8-19-18(24)7-4-14-3-2-9-23(12-14)17-11-16(20-13-21-17)22-15-5-6-15/h11,13-15H,2-10,12H2,1H3,(H,19,24)(H,20,21,22). The summed E-state index contributed by atoms with van der Waals surface area (Å²) in [5.74, 6) is 2.57. The molecule has 7 heteroatoms. The highest BCUT2D eigenvalue weighted by molar-refractivity contribution is 5.75. The Kier molecular flexibility index (Phi) is 6.44. The second kappa shape index (κ2) is 8.99. The summed E-state index contributed by atoms with van der Waals surface area (Å²) in [6.45, 7) is 3.14. The van der Waals surface area contributed by atoms with Gasteiger partial charge in [0.1, 0.15) is 18.0 Å². The zero-order valence-corrected chi connectivity index (χ0v) is 15.0. The first-order valence-corrected chi connectivity index (χ1v) is 9.34. The zero-order valence-electron chi connectivity index (χ0n) is 15.0. The number of carbonyl (C=O) groups is 1. The quantitative estimate of drug-likeness (QED) is 0.663. The van der Waals surface area contributed by atoms with Crippen LogP contribution in [-0.4, -0.2) is 55.3 Å². The number of aromatic nitrogens is 2. The van der Waals surface area contributed by atoms with Crippen LogP contribution in [0, 0.1) is 5.92 Å². The van der Waals surface area contributed by atoms with Gasteiger partial charge in [-0.25, -0.2) is 9.97 Å². The van der Waals surface area contributed by atoms with E-state index < -0.39 is 0 Å². The third kappa shape index (κ3) is 5.85. The molecule has 1 saturated carbocycles.